The molecule has 0 heterocycles. The molecule has 3 aromatic rings. The molecular formula is C26H23BrCl2N4O5. The molecule has 12 heteroatoms. The number of amides is 3. The summed E-state index contributed by atoms with van der Waals surface area (Å²) < 4.78 is 11.6. The first-order valence-electron chi connectivity index (χ1n) is 11.1. The minimum atomic E-state index is -1.02. The van der Waals surface area contributed by atoms with Crippen LogP contribution in [0.5, 0.6) is 11.5 Å². The third kappa shape index (κ3) is 7.47. The average Bonchev–Trinajstić information content (AvgIpc) is 2.88. The van der Waals surface area contributed by atoms with E-state index in [4.69, 9.17) is 32.7 Å². The highest BCUT2D eigenvalue weighted by atomic mass is 79.9. The monoisotopic (exact) mass is 620 g/mol. The van der Waals surface area contributed by atoms with Crippen LogP contribution in [-0.2, 0) is 14.4 Å². The van der Waals surface area contributed by atoms with E-state index in [0.717, 1.165) is 16.8 Å². The van der Waals surface area contributed by atoms with Gasteiger partial charge in [0.25, 0.3) is 5.91 Å². The summed E-state index contributed by atoms with van der Waals surface area (Å²) in [4.78, 5) is 36.7. The number of carbonyl (C=O) groups excluding carboxylic acids is 3. The number of methoxy groups -OCH3 is 1. The van der Waals surface area contributed by atoms with Gasteiger partial charge in [0.2, 0.25) is 0 Å². The Kier molecular flexibility index (Phi) is 10.1. The predicted octanol–water partition coefficient (Wildman–Crippen LogP) is 5.49. The highest BCUT2D eigenvalue weighted by molar-refractivity contribution is 9.10. The zero-order valence-electron chi connectivity index (χ0n) is 20.5. The lowest BCUT2D eigenvalue weighted by Gasteiger charge is -2.15. The van der Waals surface area contributed by atoms with Crippen LogP contribution in [0.15, 0.2) is 58.1 Å². The molecule has 0 radical (unpaired) electrons. The minimum absolute atomic E-state index is 0.112. The molecule has 0 fully saturated rings. The Morgan fingerprint density at radius 1 is 1.00 bits per heavy atom. The number of hydrazone groups is 1. The van der Waals surface area contributed by atoms with E-state index >= 15 is 0 Å². The number of ether oxygens (including phenoxy) is 2. The van der Waals surface area contributed by atoms with Gasteiger partial charge in [-0.2, -0.15) is 5.10 Å². The second-order valence-electron chi connectivity index (χ2n) is 7.89. The number of anilines is 2. The SMILES string of the molecule is COc1cc(/C=N\NC(=O)C(=O)Nc2cccc(Cl)c2Cl)cc(Br)c1OCC(=O)Nc1c(C)cccc1C. The van der Waals surface area contributed by atoms with E-state index in [1.54, 1.807) is 24.3 Å². The molecule has 0 bridgehead atoms. The fourth-order valence-corrected chi connectivity index (χ4v) is 4.20. The summed E-state index contributed by atoms with van der Waals surface area (Å²) in [5.74, 6) is -1.70. The molecule has 198 valence electrons. The molecular weight excluding hydrogens is 599 g/mol. The smallest absolute Gasteiger partial charge is 0.329 e. The van der Waals surface area contributed by atoms with Crippen molar-refractivity contribution in [3.8, 4) is 11.5 Å². The Balaban J connectivity index is 1.61. The van der Waals surface area contributed by atoms with Gasteiger partial charge in [-0.1, -0.05) is 47.5 Å². The number of nitrogens with one attached hydrogen (secondary N) is 3. The summed E-state index contributed by atoms with van der Waals surface area (Å²) in [7, 11) is 1.44. The first kappa shape index (κ1) is 29.0. The summed E-state index contributed by atoms with van der Waals surface area (Å²) in [6.45, 7) is 3.57. The number of benzene rings is 3. The van der Waals surface area contributed by atoms with Crippen LogP contribution < -0.4 is 25.5 Å². The fourth-order valence-electron chi connectivity index (χ4n) is 3.27. The van der Waals surface area contributed by atoms with Crippen molar-refractivity contribution in [2.75, 3.05) is 24.4 Å². The van der Waals surface area contributed by atoms with Crippen LogP contribution >= 0.6 is 39.1 Å². The molecule has 0 aliphatic carbocycles. The zero-order chi connectivity index (χ0) is 27.8. The van der Waals surface area contributed by atoms with Crippen molar-refractivity contribution >= 4 is 74.4 Å². The normalized spacial score (nSPS) is 10.7. The largest absolute Gasteiger partial charge is 0.493 e. The quantitative estimate of drug-likeness (QED) is 0.175. The van der Waals surface area contributed by atoms with E-state index in [1.165, 1.54) is 19.4 Å². The minimum Gasteiger partial charge on any atom is -0.493 e. The average molecular weight is 622 g/mol. The molecule has 0 saturated carbocycles. The maximum Gasteiger partial charge on any atom is 0.329 e. The van der Waals surface area contributed by atoms with Gasteiger partial charge < -0.3 is 20.1 Å². The molecule has 0 unspecified atom stereocenters. The van der Waals surface area contributed by atoms with Gasteiger partial charge in [-0.25, -0.2) is 5.43 Å². The van der Waals surface area contributed by atoms with Gasteiger partial charge in [-0.15, -0.1) is 0 Å². The van der Waals surface area contributed by atoms with Gasteiger partial charge in [-0.05, 0) is 70.7 Å². The van der Waals surface area contributed by atoms with Crippen LogP contribution in [0.1, 0.15) is 16.7 Å². The van der Waals surface area contributed by atoms with Crippen molar-refractivity contribution in [1.82, 2.24) is 5.43 Å². The molecule has 3 aromatic carbocycles. The molecule has 0 aromatic heterocycles. The number of nitrogens with zero attached hydrogens (tertiary/aromatic N) is 1. The van der Waals surface area contributed by atoms with Crippen molar-refractivity contribution in [1.29, 1.82) is 0 Å². The third-order valence-electron chi connectivity index (χ3n) is 5.13. The summed E-state index contributed by atoms with van der Waals surface area (Å²) in [5.41, 5.74) is 5.46. The molecule has 3 N–H and O–H groups in total. The lowest BCUT2D eigenvalue weighted by molar-refractivity contribution is -0.136. The van der Waals surface area contributed by atoms with Crippen LogP contribution in [0.3, 0.4) is 0 Å². The molecule has 3 amide bonds. The van der Waals surface area contributed by atoms with Crippen LogP contribution in [0.25, 0.3) is 0 Å². The number of halogens is 3. The van der Waals surface area contributed by atoms with Gasteiger partial charge in [0.15, 0.2) is 18.1 Å². The number of carbonyl (C=O) groups is 3. The number of aryl methyl sites for hydroxylation is 2. The Morgan fingerprint density at radius 2 is 1.68 bits per heavy atom. The molecule has 3 rings (SSSR count). The van der Waals surface area contributed by atoms with Crippen LogP contribution in [0, 0.1) is 13.8 Å². The van der Waals surface area contributed by atoms with Crippen molar-refractivity contribution < 1.29 is 23.9 Å². The van der Waals surface area contributed by atoms with E-state index < -0.39 is 11.8 Å². The van der Waals surface area contributed by atoms with Crippen LogP contribution in [0.4, 0.5) is 11.4 Å². The number of rotatable bonds is 8. The first-order chi connectivity index (χ1) is 18.1. The third-order valence-corrected chi connectivity index (χ3v) is 6.54. The number of hydrogen-bond donors (Lipinski definition) is 3. The van der Waals surface area contributed by atoms with Crippen molar-refractivity contribution in [3.63, 3.8) is 0 Å². The van der Waals surface area contributed by atoms with Gasteiger partial charge in [-0.3, -0.25) is 14.4 Å². The highest BCUT2D eigenvalue weighted by Crippen LogP contribution is 2.36. The number of para-hydroxylation sites is 1. The molecule has 0 atom stereocenters. The number of hydrogen-bond acceptors (Lipinski definition) is 6. The standard InChI is InChI=1S/C26H23BrCl2N4O5/c1-14-6-4-7-15(2)23(14)32-21(34)13-38-24-17(27)10-16(11-20(24)37-3)12-30-33-26(36)25(35)31-19-9-5-8-18(28)22(19)29/h4-12H,13H2,1-3H3,(H,31,35)(H,32,34)(H,33,36)/b30-12-. The molecule has 38 heavy (non-hydrogen) atoms. The Bertz CT molecular complexity index is 1390. The topological polar surface area (TPSA) is 118 Å². The van der Waals surface area contributed by atoms with Crippen molar-refractivity contribution in [2.45, 2.75) is 13.8 Å². The Labute approximate surface area is 237 Å². The summed E-state index contributed by atoms with van der Waals surface area (Å²) in [6.07, 6.45) is 1.31. The van der Waals surface area contributed by atoms with Crippen LogP contribution in [0.2, 0.25) is 10.0 Å². The summed E-state index contributed by atoms with van der Waals surface area (Å²) >= 11 is 15.3. The van der Waals surface area contributed by atoms with Gasteiger partial charge in [0.05, 0.1) is 33.5 Å². The lowest BCUT2D eigenvalue weighted by atomic mass is 10.1. The lowest BCUT2D eigenvalue weighted by Crippen LogP contribution is -2.32. The molecule has 0 spiro atoms. The van der Waals surface area contributed by atoms with E-state index in [0.29, 0.717) is 21.5 Å². The van der Waals surface area contributed by atoms with Crippen molar-refractivity contribution in [3.05, 3.63) is 79.7 Å². The van der Waals surface area contributed by atoms with Crippen molar-refractivity contribution in [2.24, 2.45) is 5.10 Å². The first-order valence-corrected chi connectivity index (χ1v) is 12.6. The zero-order valence-corrected chi connectivity index (χ0v) is 23.6. The maximum atomic E-state index is 12.5. The maximum absolute atomic E-state index is 12.5. The molecule has 0 saturated heterocycles. The molecule has 0 aliphatic heterocycles. The Morgan fingerprint density at radius 3 is 2.37 bits per heavy atom. The molecule has 0 aliphatic rings. The van der Waals surface area contributed by atoms with Gasteiger partial charge in [0, 0.05) is 5.69 Å². The summed E-state index contributed by atoms with van der Waals surface area (Å²) in [5, 5.41) is 9.37. The van der Waals surface area contributed by atoms with Gasteiger partial charge >= 0.3 is 11.8 Å². The second-order valence-corrected chi connectivity index (χ2v) is 9.53. The van der Waals surface area contributed by atoms with E-state index in [1.807, 2.05) is 32.0 Å². The fraction of sp³-hybridized carbons (Fsp3) is 0.154. The van der Waals surface area contributed by atoms with Crippen LogP contribution in [-0.4, -0.2) is 37.7 Å². The van der Waals surface area contributed by atoms with E-state index in [-0.39, 0.29) is 28.2 Å². The second kappa shape index (κ2) is 13.3. The summed E-state index contributed by atoms with van der Waals surface area (Å²) in [6, 6.07) is 13.6. The molecule has 9 nitrogen and oxygen atoms in total. The van der Waals surface area contributed by atoms with Gasteiger partial charge in [0.1, 0.15) is 0 Å². The highest BCUT2D eigenvalue weighted by Gasteiger charge is 2.17. The van der Waals surface area contributed by atoms with E-state index in [9.17, 15) is 14.4 Å². The predicted molar refractivity (Wildman–Crippen MR) is 152 cm³/mol. The van der Waals surface area contributed by atoms with E-state index in [2.05, 4.69) is 37.1 Å². The Hall–Kier alpha value is -3.60.